The lowest BCUT2D eigenvalue weighted by atomic mass is 10.3. The minimum atomic E-state index is 0.135. The Morgan fingerprint density at radius 1 is 1.16 bits per heavy atom. The number of rotatable bonds is 5. The summed E-state index contributed by atoms with van der Waals surface area (Å²) < 4.78 is 5.37. The van der Waals surface area contributed by atoms with E-state index in [0.717, 1.165) is 83.0 Å². The molecule has 1 aromatic rings. The van der Waals surface area contributed by atoms with Gasteiger partial charge in [0.05, 0.1) is 13.2 Å². The molecule has 0 aliphatic carbocycles. The highest BCUT2D eigenvalue weighted by atomic mass is 16.5. The van der Waals surface area contributed by atoms with Gasteiger partial charge in [0.2, 0.25) is 11.9 Å². The summed E-state index contributed by atoms with van der Waals surface area (Å²) in [5.41, 5.74) is 0.952. The first kappa shape index (κ1) is 17.9. The van der Waals surface area contributed by atoms with Gasteiger partial charge in [0.1, 0.15) is 5.82 Å². The molecule has 0 aromatic carbocycles. The van der Waals surface area contributed by atoms with Gasteiger partial charge in [0, 0.05) is 71.0 Å². The van der Waals surface area contributed by atoms with Crippen LogP contribution < -0.4 is 10.2 Å². The summed E-state index contributed by atoms with van der Waals surface area (Å²) in [6.07, 6.45) is 0. The number of ether oxygens (including phenoxy) is 1. The van der Waals surface area contributed by atoms with E-state index in [4.69, 9.17) is 4.74 Å². The van der Waals surface area contributed by atoms with Crippen LogP contribution in [0.25, 0.3) is 0 Å². The summed E-state index contributed by atoms with van der Waals surface area (Å²) >= 11 is 0. The predicted molar refractivity (Wildman–Crippen MR) is 97.0 cm³/mol. The van der Waals surface area contributed by atoms with Gasteiger partial charge in [-0.05, 0) is 6.92 Å². The molecule has 25 heavy (non-hydrogen) atoms. The lowest BCUT2D eigenvalue weighted by Gasteiger charge is -2.34. The molecule has 0 radical (unpaired) electrons. The monoisotopic (exact) mass is 348 g/mol. The number of piperazine rings is 1. The topological polar surface area (TPSA) is 73.8 Å². The number of aryl methyl sites for hydroxylation is 1. The van der Waals surface area contributed by atoms with Crippen molar-refractivity contribution in [2.45, 2.75) is 13.8 Å². The number of carbonyl (C=O) groups excluding carboxylic acids is 1. The van der Waals surface area contributed by atoms with Gasteiger partial charge in [-0.1, -0.05) is 0 Å². The van der Waals surface area contributed by atoms with Crippen molar-refractivity contribution < 1.29 is 9.53 Å². The van der Waals surface area contributed by atoms with E-state index in [1.54, 1.807) is 6.92 Å². The summed E-state index contributed by atoms with van der Waals surface area (Å²) in [5, 5.41) is 3.41. The zero-order valence-electron chi connectivity index (χ0n) is 15.2. The van der Waals surface area contributed by atoms with E-state index in [-0.39, 0.29) is 5.91 Å². The lowest BCUT2D eigenvalue weighted by Crippen LogP contribution is -2.48. The molecule has 0 bridgehead atoms. The Balaban J connectivity index is 1.54. The van der Waals surface area contributed by atoms with Crippen LogP contribution in [0.15, 0.2) is 6.07 Å². The summed E-state index contributed by atoms with van der Waals surface area (Å²) in [5.74, 6) is 1.75. The number of nitrogens with one attached hydrogen (secondary N) is 1. The Morgan fingerprint density at radius 2 is 1.88 bits per heavy atom. The average molecular weight is 348 g/mol. The molecule has 1 aromatic heterocycles. The molecule has 2 aliphatic heterocycles. The molecular weight excluding hydrogens is 320 g/mol. The van der Waals surface area contributed by atoms with Gasteiger partial charge in [-0.3, -0.25) is 9.69 Å². The van der Waals surface area contributed by atoms with E-state index in [1.165, 1.54) is 0 Å². The summed E-state index contributed by atoms with van der Waals surface area (Å²) in [6, 6.07) is 1.98. The Hall–Kier alpha value is -1.93. The second-order valence-corrected chi connectivity index (χ2v) is 6.57. The molecular formula is C17H28N6O2. The number of anilines is 2. The van der Waals surface area contributed by atoms with Crippen LogP contribution in [0.1, 0.15) is 12.6 Å². The third-order valence-corrected chi connectivity index (χ3v) is 4.69. The van der Waals surface area contributed by atoms with Crippen molar-refractivity contribution in [1.29, 1.82) is 0 Å². The normalized spacial score (nSPS) is 19.1. The van der Waals surface area contributed by atoms with E-state index >= 15 is 0 Å². The lowest BCUT2D eigenvalue weighted by molar-refractivity contribution is -0.129. The van der Waals surface area contributed by atoms with E-state index < -0.39 is 0 Å². The molecule has 0 spiro atoms. The molecule has 0 unspecified atom stereocenters. The van der Waals surface area contributed by atoms with Crippen molar-refractivity contribution in [3.8, 4) is 0 Å². The van der Waals surface area contributed by atoms with Gasteiger partial charge in [-0.25, -0.2) is 4.98 Å². The molecule has 1 N–H and O–H groups in total. The Labute approximate surface area is 149 Å². The highest BCUT2D eigenvalue weighted by Crippen LogP contribution is 2.15. The maximum Gasteiger partial charge on any atom is 0.227 e. The van der Waals surface area contributed by atoms with Crippen molar-refractivity contribution in [2.75, 3.05) is 75.8 Å². The number of hydrogen-bond donors (Lipinski definition) is 1. The summed E-state index contributed by atoms with van der Waals surface area (Å²) in [4.78, 5) is 27.1. The molecule has 3 rings (SSSR count). The fourth-order valence-corrected chi connectivity index (χ4v) is 3.17. The maximum absolute atomic E-state index is 11.5. The summed E-state index contributed by atoms with van der Waals surface area (Å²) in [6.45, 7) is 12.1. The molecule has 2 fully saturated rings. The molecule has 8 nitrogen and oxygen atoms in total. The van der Waals surface area contributed by atoms with E-state index in [0.29, 0.717) is 0 Å². The number of carbonyl (C=O) groups is 1. The quantitative estimate of drug-likeness (QED) is 0.815. The molecule has 1 amide bonds. The standard InChI is InChI=1S/C17H28N6O2/c1-14-13-16(18-3-4-21-9-11-25-12-10-21)20-17(19-14)23-7-5-22(6-8-23)15(2)24/h13H,3-12H2,1-2H3,(H,18,19,20). The number of aromatic nitrogens is 2. The SMILES string of the molecule is CC(=O)N1CCN(c2nc(C)cc(NCCN3CCOCC3)n2)CC1. The van der Waals surface area contributed by atoms with Gasteiger partial charge in [-0.2, -0.15) is 4.98 Å². The molecule has 3 heterocycles. The van der Waals surface area contributed by atoms with Crippen LogP contribution in [-0.2, 0) is 9.53 Å². The maximum atomic E-state index is 11.5. The van der Waals surface area contributed by atoms with Crippen LogP contribution in [0.3, 0.4) is 0 Å². The highest BCUT2D eigenvalue weighted by Gasteiger charge is 2.21. The zero-order valence-corrected chi connectivity index (χ0v) is 15.2. The third-order valence-electron chi connectivity index (χ3n) is 4.69. The number of amides is 1. The van der Waals surface area contributed by atoms with E-state index in [9.17, 15) is 4.79 Å². The first-order chi connectivity index (χ1) is 12.1. The highest BCUT2D eigenvalue weighted by molar-refractivity contribution is 5.73. The van der Waals surface area contributed by atoms with E-state index in [2.05, 4.69) is 25.1 Å². The van der Waals surface area contributed by atoms with Gasteiger partial charge in [0.15, 0.2) is 0 Å². The Morgan fingerprint density at radius 3 is 2.56 bits per heavy atom. The van der Waals surface area contributed by atoms with Crippen LogP contribution in [0.4, 0.5) is 11.8 Å². The predicted octanol–water partition coefficient (Wildman–Crippen LogP) is 0.198. The van der Waals surface area contributed by atoms with Gasteiger partial charge in [0.25, 0.3) is 0 Å². The molecule has 0 atom stereocenters. The smallest absolute Gasteiger partial charge is 0.227 e. The van der Waals surface area contributed by atoms with Gasteiger partial charge in [-0.15, -0.1) is 0 Å². The first-order valence-electron chi connectivity index (χ1n) is 9.02. The van der Waals surface area contributed by atoms with Crippen molar-refractivity contribution >= 4 is 17.7 Å². The average Bonchev–Trinajstić information content (AvgIpc) is 2.62. The first-order valence-corrected chi connectivity index (χ1v) is 9.02. The molecule has 0 saturated carbocycles. The van der Waals surface area contributed by atoms with Crippen LogP contribution in [0, 0.1) is 6.92 Å². The Kier molecular flexibility index (Phi) is 6.04. The van der Waals surface area contributed by atoms with Crippen molar-refractivity contribution in [2.24, 2.45) is 0 Å². The number of hydrogen-bond acceptors (Lipinski definition) is 7. The number of nitrogens with zero attached hydrogens (tertiary/aromatic N) is 5. The molecule has 2 aliphatic rings. The van der Waals surface area contributed by atoms with Crippen LogP contribution >= 0.6 is 0 Å². The van der Waals surface area contributed by atoms with Gasteiger partial charge >= 0.3 is 0 Å². The van der Waals surface area contributed by atoms with Crippen LogP contribution in [-0.4, -0.2) is 91.2 Å². The Bertz CT molecular complexity index is 583. The number of morpholine rings is 1. The van der Waals surface area contributed by atoms with Gasteiger partial charge < -0.3 is 19.9 Å². The molecule has 2 saturated heterocycles. The van der Waals surface area contributed by atoms with Crippen molar-refractivity contribution in [3.05, 3.63) is 11.8 Å². The minimum absolute atomic E-state index is 0.135. The van der Waals surface area contributed by atoms with Crippen LogP contribution in [0.5, 0.6) is 0 Å². The van der Waals surface area contributed by atoms with Crippen molar-refractivity contribution in [1.82, 2.24) is 19.8 Å². The van der Waals surface area contributed by atoms with E-state index in [1.807, 2.05) is 17.9 Å². The second kappa shape index (κ2) is 8.44. The third kappa shape index (κ3) is 5.02. The zero-order chi connectivity index (χ0) is 17.6. The fraction of sp³-hybridized carbons (Fsp3) is 0.706. The minimum Gasteiger partial charge on any atom is -0.379 e. The molecule has 138 valence electrons. The largest absolute Gasteiger partial charge is 0.379 e. The second-order valence-electron chi connectivity index (χ2n) is 6.57. The molecule has 8 heteroatoms. The fourth-order valence-electron chi connectivity index (χ4n) is 3.17. The van der Waals surface area contributed by atoms with Crippen LogP contribution in [0.2, 0.25) is 0 Å². The van der Waals surface area contributed by atoms with Crippen molar-refractivity contribution in [3.63, 3.8) is 0 Å². The summed E-state index contributed by atoms with van der Waals surface area (Å²) in [7, 11) is 0.